The molecule has 0 fully saturated rings. The van der Waals surface area contributed by atoms with Crippen molar-refractivity contribution in [2.75, 3.05) is 5.73 Å². The molecule has 0 bridgehead atoms. The standard InChI is InChI=1S/C10H10ClNO4/c1-5(9(13)14)16-10(15)7-3-2-6(12)4-8(7)11/h2-5H,12H2,1H3,(H,13,14). The molecule has 5 nitrogen and oxygen atoms in total. The Kier molecular flexibility index (Phi) is 3.73. The highest BCUT2D eigenvalue weighted by molar-refractivity contribution is 6.33. The van der Waals surface area contributed by atoms with Gasteiger partial charge in [-0.3, -0.25) is 0 Å². The molecule has 0 saturated carbocycles. The summed E-state index contributed by atoms with van der Waals surface area (Å²) in [4.78, 5) is 22.0. The number of hydrogen-bond donors (Lipinski definition) is 2. The Labute approximate surface area is 96.8 Å². The fourth-order valence-corrected chi connectivity index (χ4v) is 1.24. The van der Waals surface area contributed by atoms with E-state index in [0.29, 0.717) is 5.69 Å². The summed E-state index contributed by atoms with van der Waals surface area (Å²) in [6, 6.07) is 4.26. The first kappa shape index (κ1) is 12.3. The Hall–Kier alpha value is -1.75. The molecule has 0 aliphatic rings. The summed E-state index contributed by atoms with van der Waals surface area (Å²) in [6.07, 6.45) is -1.22. The summed E-state index contributed by atoms with van der Waals surface area (Å²) in [5, 5.41) is 8.69. The summed E-state index contributed by atoms with van der Waals surface area (Å²) in [7, 11) is 0. The Morgan fingerprint density at radius 3 is 2.62 bits per heavy atom. The lowest BCUT2D eigenvalue weighted by Crippen LogP contribution is -2.23. The van der Waals surface area contributed by atoms with Crippen molar-refractivity contribution in [3.05, 3.63) is 28.8 Å². The van der Waals surface area contributed by atoms with E-state index in [1.54, 1.807) is 0 Å². The van der Waals surface area contributed by atoms with E-state index < -0.39 is 18.0 Å². The van der Waals surface area contributed by atoms with Crippen molar-refractivity contribution < 1.29 is 19.4 Å². The van der Waals surface area contributed by atoms with Crippen molar-refractivity contribution >= 4 is 29.2 Å². The number of rotatable bonds is 3. The smallest absolute Gasteiger partial charge is 0.344 e. The van der Waals surface area contributed by atoms with Gasteiger partial charge < -0.3 is 15.6 Å². The largest absolute Gasteiger partial charge is 0.479 e. The highest BCUT2D eigenvalue weighted by Crippen LogP contribution is 2.20. The van der Waals surface area contributed by atoms with Gasteiger partial charge in [0.2, 0.25) is 0 Å². The van der Waals surface area contributed by atoms with E-state index >= 15 is 0 Å². The maximum absolute atomic E-state index is 11.5. The number of carbonyl (C=O) groups excluding carboxylic acids is 1. The second kappa shape index (κ2) is 4.85. The number of benzene rings is 1. The van der Waals surface area contributed by atoms with Gasteiger partial charge in [-0.15, -0.1) is 0 Å². The fourth-order valence-electron chi connectivity index (χ4n) is 0.971. The van der Waals surface area contributed by atoms with Crippen LogP contribution >= 0.6 is 11.6 Å². The molecule has 1 atom stereocenters. The third-order valence-corrected chi connectivity index (χ3v) is 2.16. The van der Waals surface area contributed by atoms with Crippen molar-refractivity contribution in [1.29, 1.82) is 0 Å². The molecule has 1 aromatic rings. The van der Waals surface area contributed by atoms with Crippen molar-refractivity contribution in [3.8, 4) is 0 Å². The molecule has 0 heterocycles. The highest BCUT2D eigenvalue weighted by Gasteiger charge is 2.19. The second-order valence-corrected chi connectivity index (χ2v) is 3.53. The van der Waals surface area contributed by atoms with Gasteiger partial charge in [-0.1, -0.05) is 11.6 Å². The van der Waals surface area contributed by atoms with Crippen LogP contribution in [-0.2, 0) is 9.53 Å². The number of carboxylic acids is 1. The van der Waals surface area contributed by atoms with Crippen LogP contribution in [0.3, 0.4) is 0 Å². The lowest BCUT2D eigenvalue weighted by molar-refractivity contribution is -0.146. The first-order valence-electron chi connectivity index (χ1n) is 4.40. The average Bonchev–Trinajstić information content (AvgIpc) is 2.16. The monoisotopic (exact) mass is 243 g/mol. The van der Waals surface area contributed by atoms with E-state index in [1.165, 1.54) is 25.1 Å². The van der Waals surface area contributed by atoms with Gasteiger partial charge in [0.1, 0.15) is 0 Å². The van der Waals surface area contributed by atoms with Crippen molar-refractivity contribution in [1.82, 2.24) is 0 Å². The molecular weight excluding hydrogens is 234 g/mol. The molecule has 0 radical (unpaired) electrons. The molecule has 0 aliphatic heterocycles. The van der Waals surface area contributed by atoms with Crippen molar-refractivity contribution in [3.63, 3.8) is 0 Å². The minimum Gasteiger partial charge on any atom is -0.479 e. The molecule has 0 amide bonds. The lowest BCUT2D eigenvalue weighted by atomic mass is 10.2. The number of ether oxygens (including phenoxy) is 1. The van der Waals surface area contributed by atoms with Crippen LogP contribution in [0.15, 0.2) is 18.2 Å². The highest BCUT2D eigenvalue weighted by atomic mass is 35.5. The molecule has 6 heteroatoms. The van der Waals surface area contributed by atoms with Crippen molar-refractivity contribution in [2.24, 2.45) is 0 Å². The van der Waals surface area contributed by atoms with Gasteiger partial charge in [0.05, 0.1) is 10.6 Å². The molecule has 0 aromatic heterocycles. The zero-order chi connectivity index (χ0) is 12.3. The van der Waals surface area contributed by atoms with E-state index in [-0.39, 0.29) is 10.6 Å². The van der Waals surface area contributed by atoms with Crippen molar-refractivity contribution in [2.45, 2.75) is 13.0 Å². The van der Waals surface area contributed by atoms with Crippen LogP contribution in [0.5, 0.6) is 0 Å². The van der Waals surface area contributed by atoms with Gasteiger partial charge in [0, 0.05) is 5.69 Å². The average molecular weight is 244 g/mol. The Morgan fingerprint density at radius 1 is 1.50 bits per heavy atom. The van der Waals surface area contributed by atoms with Gasteiger partial charge in [0.15, 0.2) is 6.10 Å². The lowest BCUT2D eigenvalue weighted by Gasteiger charge is -2.09. The van der Waals surface area contributed by atoms with Crippen LogP contribution in [0.25, 0.3) is 0 Å². The third kappa shape index (κ3) is 2.87. The van der Waals surface area contributed by atoms with Crippen LogP contribution in [0, 0.1) is 0 Å². The molecule has 3 N–H and O–H groups in total. The van der Waals surface area contributed by atoms with E-state index in [9.17, 15) is 9.59 Å². The number of aliphatic carboxylic acids is 1. The van der Waals surface area contributed by atoms with Gasteiger partial charge in [-0.2, -0.15) is 0 Å². The van der Waals surface area contributed by atoms with Crippen LogP contribution in [0.2, 0.25) is 5.02 Å². The number of nitrogen functional groups attached to an aromatic ring is 1. The maximum atomic E-state index is 11.5. The summed E-state index contributed by atoms with van der Waals surface area (Å²) in [5.74, 6) is -2.01. The molecule has 1 rings (SSSR count). The molecule has 16 heavy (non-hydrogen) atoms. The van der Waals surface area contributed by atoms with E-state index in [4.69, 9.17) is 22.4 Å². The minimum atomic E-state index is -1.22. The Morgan fingerprint density at radius 2 is 2.12 bits per heavy atom. The molecule has 0 aliphatic carbocycles. The predicted octanol–water partition coefficient (Wildman–Crippen LogP) is 1.55. The number of carbonyl (C=O) groups is 2. The van der Waals surface area contributed by atoms with Gasteiger partial charge in [-0.05, 0) is 25.1 Å². The molecule has 1 unspecified atom stereocenters. The summed E-state index contributed by atoms with van der Waals surface area (Å²) < 4.78 is 4.65. The predicted molar refractivity (Wildman–Crippen MR) is 58.4 cm³/mol. The first-order chi connectivity index (χ1) is 7.41. The summed E-state index contributed by atoms with van der Waals surface area (Å²) in [6.45, 7) is 1.26. The molecule has 86 valence electrons. The topological polar surface area (TPSA) is 89.6 Å². The third-order valence-electron chi connectivity index (χ3n) is 1.84. The molecule has 0 saturated heterocycles. The number of esters is 1. The molecule has 0 spiro atoms. The quantitative estimate of drug-likeness (QED) is 0.621. The van der Waals surface area contributed by atoms with E-state index in [1.807, 2.05) is 0 Å². The zero-order valence-electron chi connectivity index (χ0n) is 8.44. The van der Waals surface area contributed by atoms with Crippen LogP contribution in [0.1, 0.15) is 17.3 Å². The van der Waals surface area contributed by atoms with Crippen LogP contribution < -0.4 is 5.73 Å². The summed E-state index contributed by atoms with van der Waals surface area (Å²) in [5.41, 5.74) is 5.94. The zero-order valence-corrected chi connectivity index (χ0v) is 9.19. The number of nitrogens with two attached hydrogens (primary N) is 1. The van der Waals surface area contributed by atoms with E-state index in [0.717, 1.165) is 0 Å². The second-order valence-electron chi connectivity index (χ2n) is 3.13. The SMILES string of the molecule is CC(OC(=O)c1ccc(N)cc1Cl)C(=O)O. The van der Waals surface area contributed by atoms with Gasteiger partial charge in [-0.25, -0.2) is 9.59 Å². The van der Waals surface area contributed by atoms with E-state index in [2.05, 4.69) is 4.74 Å². The number of halogens is 1. The fraction of sp³-hybridized carbons (Fsp3) is 0.200. The number of anilines is 1. The van der Waals surface area contributed by atoms with Gasteiger partial charge >= 0.3 is 11.9 Å². The Balaban J connectivity index is 2.85. The minimum absolute atomic E-state index is 0.0870. The van der Waals surface area contributed by atoms with Gasteiger partial charge in [0.25, 0.3) is 0 Å². The van der Waals surface area contributed by atoms with Crippen LogP contribution in [0.4, 0.5) is 5.69 Å². The normalized spacial score (nSPS) is 11.9. The number of hydrogen-bond acceptors (Lipinski definition) is 4. The Bertz CT molecular complexity index is 433. The molecular formula is C10H10ClNO4. The maximum Gasteiger partial charge on any atom is 0.344 e. The summed E-state index contributed by atoms with van der Waals surface area (Å²) >= 11 is 5.76. The van der Waals surface area contributed by atoms with Crippen LogP contribution in [-0.4, -0.2) is 23.1 Å². The molecule has 1 aromatic carbocycles. The number of carboxylic acid groups (broad SMARTS) is 1. The first-order valence-corrected chi connectivity index (χ1v) is 4.78.